The zero-order valence-electron chi connectivity index (χ0n) is 13.2. The zero-order valence-corrected chi connectivity index (χ0v) is 14.0. The van der Waals surface area contributed by atoms with E-state index >= 15 is 0 Å². The molecule has 1 fully saturated rings. The molecule has 1 aliphatic rings. The SMILES string of the molecule is Cc1ccccc1S(=O)(=O)OC1CN(C(=O)OC(C)(C)C)C1. The van der Waals surface area contributed by atoms with E-state index in [4.69, 9.17) is 8.92 Å². The lowest BCUT2D eigenvalue weighted by Crippen LogP contribution is -2.56. The molecular weight excluding hydrogens is 306 g/mol. The first-order chi connectivity index (χ1) is 10.1. The molecule has 1 saturated heterocycles. The van der Waals surface area contributed by atoms with Gasteiger partial charge in [0.1, 0.15) is 11.7 Å². The molecule has 7 heteroatoms. The van der Waals surface area contributed by atoms with Gasteiger partial charge in [0, 0.05) is 0 Å². The van der Waals surface area contributed by atoms with Gasteiger partial charge in [0.05, 0.1) is 18.0 Å². The van der Waals surface area contributed by atoms with Crippen LogP contribution in [0.2, 0.25) is 0 Å². The van der Waals surface area contributed by atoms with E-state index in [-0.39, 0.29) is 18.0 Å². The third-order valence-electron chi connectivity index (χ3n) is 3.13. The molecule has 122 valence electrons. The minimum atomic E-state index is -3.81. The molecule has 0 aromatic heterocycles. The number of hydrogen-bond acceptors (Lipinski definition) is 5. The first-order valence-electron chi connectivity index (χ1n) is 7.05. The maximum atomic E-state index is 12.2. The first kappa shape index (κ1) is 16.8. The van der Waals surface area contributed by atoms with E-state index < -0.39 is 27.9 Å². The number of aryl methyl sites for hydroxylation is 1. The highest BCUT2D eigenvalue weighted by atomic mass is 32.2. The van der Waals surface area contributed by atoms with Gasteiger partial charge in [-0.1, -0.05) is 18.2 Å². The van der Waals surface area contributed by atoms with Crippen LogP contribution in [-0.2, 0) is 19.0 Å². The zero-order chi connectivity index (χ0) is 16.5. The smallest absolute Gasteiger partial charge is 0.410 e. The molecule has 1 aromatic rings. The lowest BCUT2D eigenvalue weighted by molar-refractivity contribution is -0.0206. The van der Waals surface area contributed by atoms with Crippen LogP contribution in [0, 0.1) is 6.92 Å². The fourth-order valence-corrected chi connectivity index (χ4v) is 3.33. The van der Waals surface area contributed by atoms with Gasteiger partial charge in [-0.25, -0.2) is 4.79 Å². The van der Waals surface area contributed by atoms with Crippen LogP contribution in [-0.4, -0.2) is 44.2 Å². The molecule has 0 N–H and O–H groups in total. The third kappa shape index (κ3) is 3.98. The molecule has 6 nitrogen and oxygen atoms in total. The highest BCUT2D eigenvalue weighted by Crippen LogP contribution is 2.23. The Morgan fingerprint density at radius 3 is 2.36 bits per heavy atom. The minimum absolute atomic E-state index is 0.158. The summed E-state index contributed by atoms with van der Waals surface area (Å²) in [6, 6.07) is 6.64. The van der Waals surface area contributed by atoms with Crippen molar-refractivity contribution in [1.29, 1.82) is 0 Å². The average molecular weight is 327 g/mol. The number of amides is 1. The Morgan fingerprint density at radius 2 is 1.82 bits per heavy atom. The molecule has 0 unspecified atom stereocenters. The van der Waals surface area contributed by atoms with E-state index in [1.54, 1.807) is 45.9 Å². The topological polar surface area (TPSA) is 72.9 Å². The van der Waals surface area contributed by atoms with E-state index in [1.165, 1.54) is 11.0 Å². The van der Waals surface area contributed by atoms with E-state index in [1.807, 2.05) is 0 Å². The normalized spacial score (nSPS) is 16.3. The van der Waals surface area contributed by atoms with Crippen molar-refractivity contribution >= 4 is 16.2 Å². The van der Waals surface area contributed by atoms with Crippen LogP contribution in [0.4, 0.5) is 4.79 Å². The van der Waals surface area contributed by atoms with Gasteiger partial charge < -0.3 is 9.64 Å². The minimum Gasteiger partial charge on any atom is -0.444 e. The Kier molecular flexibility index (Phi) is 4.49. The third-order valence-corrected chi connectivity index (χ3v) is 4.65. The van der Waals surface area contributed by atoms with Gasteiger partial charge in [-0.05, 0) is 39.3 Å². The first-order valence-corrected chi connectivity index (χ1v) is 8.46. The number of carbonyl (C=O) groups is 1. The van der Waals surface area contributed by atoms with Crippen molar-refractivity contribution in [2.75, 3.05) is 13.1 Å². The van der Waals surface area contributed by atoms with Crippen LogP contribution in [0.3, 0.4) is 0 Å². The van der Waals surface area contributed by atoms with Crippen molar-refractivity contribution in [3.8, 4) is 0 Å². The van der Waals surface area contributed by atoms with Gasteiger partial charge in [-0.3, -0.25) is 4.18 Å². The summed E-state index contributed by atoms with van der Waals surface area (Å²) in [5.74, 6) is 0. The van der Waals surface area contributed by atoms with Crippen LogP contribution in [0.25, 0.3) is 0 Å². The van der Waals surface area contributed by atoms with Crippen LogP contribution in [0.1, 0.15) is 26.3 Å². The number of nitrogens with zero attached hydrogens (tertiary/aromatic N) is 1. The molecule has 22 heavy (non-hydrogen) atoms. The van der Waals surface area contributed by atoms with E-state index in [0.29, 0.717) is 5.56 Å². The standard InChI is InChI=1S/C15H21NO5S/c1-11-7-5-6-8-13(11)22(18,19)21-12-9-16(10-12)14(17)20-15(2,3)4/h5-8,12H,9-10H2,1-4H3. The fourth-order valence-electron chi connectivity index (χ4n) is 2.04. The molecule has 0 spiro atoms. The number of carbonyl (C=O) groups excluding carboxylic acids is 1. The predicted molar refractivity (Wildman–Crippen MR) is 81.0 cm³/mol. The van der Waals surface area contributed by atoms with Gasteiger partial charge in [-0.2, -0.15) is 8.42 Å². The van der Waals surface area contributed by atoms with Crippen molar-refractivity contribution in [3.05, 3.63) is 29.8 Å². The number of benzene rings is 1. The molecule has 0 bridgehead atoms. The lowest BCUT2D eigenvalue weighted by Gasteiger charge is -2.38. The van der Waals surface area contributed by atoms with Crippen LogP contribution < -0.4 is 0 Å². The Morgan fingerprint density at radius 1 is 1.23 bits per heavy atom. The molecule has 1 aromatic carbocycles. The Labute approximate surface area is 131 Å². The van der Waals surface area contributed by atoms with Gasteiger partial charge >= 0.3 is 6.09 Å². The van der Waals surface area contributed by atoms with Crippen LogP contribution in [0.15, 0.2) is 29.2 Å². The summed E-state index contributed by atoms with van der Waals surface area (Å²) in [5, 5.41) is 0. The number of hydrogen-bond donors (Lipinski definition) is 0. The second-order valence-electron chi connectivity index (χ2n) is 6.32. The lowest BCUT2D eigenvalue weighted by atomic mass is 10.2. The van der Waals surface area contributed by atoms with Crippen molar-refractivity contribution in [2.24, 2.45) is 0 Å². The molecule has 0 atom stereocenters. The summed E-state index contributed by atoms with van der Waals surface area (Å²) >= 11 is 0. The number of rotatable bonds is 3. The molecule has 1 aliphatic heterocycles. The Bertz CT molecular complexity index is 657. The number of likely N-dealkylation sites (tertiary alicyclic amines) is 1. The van der Waals surface area contributed by atoms with Gasteiger partial charge in [-0.15, -0.1) is 0 Å². The van der Waals surface area contributed by atoms with Crippen molar-refractivity contribution in [2.45, 2.75) is 44.3 Å². The van der Waals surface area contributed by atoms with E-state index in [0.717, 1.165) is 0 Å². The van der Waals surface area contributed by atoms with Crippen LogP contribution in [0.5, 0.6) is 0 Å². The monoisotopic (exact) mass is 327 g/mol. The molecule has 1 amide bonds. The molecule has 0 saturated carbocycles. The maximum Gasteiger partial charge on any atom is 0.410 e. The second kappa shape index (κ2) is 5.89. The quantitative estimate of drug-likeness (QED) is 0.797. The molecule has 2 rings (SSSR count). The summed E-state index contributed by atoms with van der Waals surface area (Å²) in [6.45, 7) is 7.47. The Hall–Kier alpha value is -1.60. The fraction of sp³-hybridized carbons (Fsp3) is 0.533. The number of ether oxygens (including phenoxy) is 1. The molecule has 1 heterocycles. The molecular formula is C15H21NO5S. The molecule has 0 radical (unpaired) electrons. The van der Waals surface area contributed by atoms with Crippen molar-refractivity contribution < 1.29 is 22.1 Å². The summed E-state index contributed by atoms with van der Waals surface area (Å²) in [7, 11) is -3.81. The van der Waals surface area contributed by atoms with Crippen molar-refractivity contribution in [3.63, 3.8) is 0 Å². The van der Waals surface area contributed by atoms with Gasteiger partial charge in [0.2, 0.25) is 0 Å². The summed E-state index contributed by atoms with van der Waals surface area (Å²) in [6.07, 6.45) is -0.988. The van der Waals surface area contributed by atoms with E-state index in [9.17, 15) is 13.2 Å². The van der Waals surface area contributed by atoms with Gasteiger partial charge in [0.15, 0.2) is 0 Å². The van der Waals surface area contributed by atoms with Crippen molar-refractivity contribution in [1.82, 2.24) is 4.90 Å². The van der Waals surface area contributed by atoms with E-state index in [2.05, 4.69) is 0 Å². The second-order valence-corrected chi connectivity index (χ2v) is 7.86. The average Bonchev–Trinajstić information content (AvgIpc) is 2.31. The summed E-state index contributed by atoms with van der Waals surface area (Å²) in [4.78, 5) is 13.4. The van der Waals surface area contributed by atoms with Gasteiger partial charge in [0.25, 0.3) is 10.1 Å². The summed E-state index contributed by atoms with van der Waals surface area (Å²) in [5.41, 5.74) is 0.0572. The molecule has 0 aliphatic carbocycles. The summed E-state index contributed by atoms with van der Waals surface area (Å²) < 4.78 is 34.8. The van der Waals surface area contributed by atoms with Crippen LogP contribution >= 0.6 is 0 Å². The maximum absolute atomic E-state index is 12.2. The predicted octanol–water partition coefficient (Wildman–Crippen LogP) is 2.32. The Balaban J connectivity index is 1.93. The largest absolute Gasteiger partial charge is 0.444 e. The highest BCUT2D eigenvalue weighted by Gasteiger charge is 2.37. The highest BCUT2D eigenvalue weighted by molar-refractivity contribution is 7.86.